The summed E-state index contributed by atoms with van der Waals surface area (Å²) in [5.41, 5.74) is 11.3. The third-order valence-corrected chi connectivity index (χ3v) is 9.79. The largest absolute Gasteiger partial charge is 0.309 e. The van der Waals surface area contributed by atoms with E-state index in [9.17, 15) is 0 Å². The summed E-state index contributed by atoms with van der Waals surface area (Å²) < 4.78 is 2.38. The molecule has 0 saturated heterocycles. The third-order valence-electron chi connectivity index (χ3n) is 9.79. The molecule has 0 fully saturated rings. The van der Waals surface area contributed by atoms with E-state index in [1.165, 1.54) is 27.2 Å². The molecule has 0 amide bonds. The van der Waals surface area contributed by atoms with Crippen molar-refractivity contribution in [2.75, 3.05) is 0 Å². The minimum Gasteiger partial charge on any atom is -0.309 e. The Balaban J connectivity index is 1.16. The third kappa shape index (κ3) is 4.96. The van der Waals surface area contributed by atoms with Crippen LogP contribution >= 0.6 is 0 Å². The van der Waals surface area contributed by atoms with Gasteiger partial charge in [-0.25, -0.2) is 15.0 Å². The molecule has 3 heterocycles. The molecular weight excluding hydrogens is 621 g/mol. The summed E-state index contributed by atoms with van der Waals surface area (Å²) in [5, 5.41) is 5.87. The van der Waals surface area contributed by atoms with Gasteiger partial charge in [0.15, 0.2) is 5.82 Å². The van der Waals surface area contributed by atoms with Crippen LogP contribution in [0.2, 0.25) is 0 Å². The normalized spacial score (nSPS) is 11.5. The van der Waals surface area contributed by atoms with Crippen molar-refractivity contribution in [2.45, 2.75) is 0 Å². The van der Waals surface area contributed by atoms with E-state index in [-0.39, 0.29) is 0 Å². The average molecular weight is 651 g/mol. The maximum absolute atomic E-state index is 5.30. The van der Waals surface area contributed by atoms with Gasteiger partial charge in [0.2, 0.25) is 0 Å². The maximum Gasteiger partial charge on any atom is 0.160 e. The van der Waals surface area contributed by atoms with Crippen LogP contribution in [0, 0.1) is 0 Å². The molecule has 10 rings (SSSR count). The summed E-state index contributed by atoms with van der Waals surface area (Å²) in [7, 11) is 0. The molecule has 0 aliphatic rings. The van der Waals surface area contributed by atoms with Crippen molar-refractivity contribution < 1.29 is 0 Å². The van der Waals surface area contributed by atoms with E-state index in [2.05, 4.69) is 150 Å². The fourth-order valence-electron chi connectivity index (χ4n) is 7.36. The Hall–Kier alpha value is -6.91. The fraction of sp³-hybridized carbons (Fsp3) is 0. The van der Waals surface area contributed by atoms with Gasteiger partial charge in [0.25, 0.3) is 0 Å². The molecule has 7 aromatic carbocycles. The number of nitrogens with zero attached hydrogens (tertiary/aromatic N) is 4. The van der Waals surface area contributed by atoms with Gasteiger partial charge in [-0.3, -0.25) is 0 Å². The SMILES string of the molecule is c1ccc(-c2cc(-c3ccccc3)nc(-c3ccc(-c4nc5ccccc5c5cc6c(cc45)c4ccccc4n6-c4ccccc4)cc3)n2)cc1. The second-order valence-corrected chi connectivity index (χ2v) is 12.9. The lowest BCUT2D eigenvalue weighted by Gasteiger charge is -2.13. The number of para-hydroxylation sites is 3. The monoisotopic (exact) mass is 650 g/mol. The van der Waals surface area contributed by atoms with Crippen LogP contribution in [0.3, 0.4) is 0 Å². The smallest absolute Gasteiger partial charge is 0.160 e. The van der Waals surface area contributed by atoms with Gasteiger partial charge < -0.3 is 4.57 Å². The molecule has 0 radical (unpaired) electrons. The Labute approximate surface area is 295 Å². The first-order valence-corrected chi connectivity index (χ1v) is 17.2. The molecule has 4 nitrogen and oxygen atoms in total. The molecule has 0 spiro atoms. The zero-order valence-electron chi connectivity index (χ0n) is 27.6. The molecule has 3 aromatic heterocycles. The Morgan fingerprint density at radius 3 is 1.59 bits per heavy atom. The van der Waals surface area contributed by atoms with E-state index < -0.39 is 0 Å². The minimum atomic E-state index is 0.688. The highest BCUT2D eigenvalue weighted by molar-refractivity contribution is 6.20. The maximum atomic E-state index is 5.30. The Morgan fingerprint density at radius 2 is 0.902 bits per heavy atom. The number of rotatable bonds is 5. The molecule has 51 heavy (non-hydrogen) atoms. The van der Waals surface area contributed by atoms with Crippen molar-refractivity contribution in [3.63, 3.8) is 0 Å². The highest BCUT2D eigenvalue weighted by Gasteiger charge is 2.18. The zero-order chi connectivity index (χ0) is 33.7. The highest BCUT2D eigenvalue weighted by atomic mass is 15.0. The molecule has 0 N–H and O–H groups in total. The van der Waals surface area contributed by atoms with Crippen LogP contribution in [0.5, 0.6) is 0 Å². The first-order chi connectivity index (χ1) is 25.3. The van der Waals surface area contributed by atoms with Crippen molar-refractivity contribution in [3.05, 3.63) is 182 Å². The van der Waals surface area contributed by atoms with Gasteiger partial charge >= 0.3 is 0 Å². The number of hydrogen-bond acceptors (Lipinski definition) is 3. The molecule has 10 aromatic rings. The highest BCUT2D eigenvalue weighted by Crippen LogP contribution is 2.40. The molecular formula is C47H30N4. The zero-order valence-corrected chi connectivity index (χ0v) is 27.6. The van der Waals surface area contributed by atoms with Crippen molar-refractivity contribution in [1.82, 2.24) is 19.5 Å². The summed E-state index contributed by atoms with van der Waals surface area (Å²) in [6.07, 6.45) is 0. The number of fused-ring (bicyclic) bond motifs is 6. The van der Waals surface area contributed by atoms with Gasteiger partial charge in [0, 0.05) is 49.5 Å². The predicted octanol–water partition coefficient (Wildman–Crippen LogP) is 11.9. The second kappa shape index (κ2) is 11.9. The van der Waals surface area contributed by atoms with Crippen LogP contribution < -0.4 is 0 Å². The number of pyridine rings is 1. The Bertz CT molecular complexity index is 2820. The Kier molecular flexibility index (Phi) is 6.78. The van der Waals surface area contributed by atoms with E-state index in [1.807, 2.05) is 36.4 Å². The van der Waals surface area contributed by atoms with Gasteiger partial charge in [-0.15, -0.1) is 0 Å². The van der Waals surface area contributed by atoms with Crippen LogP contribution in [0.1, 0.15) is 0 Å². The second-order valence-electron chi connectivity index (χ2n) is 12.9. The molecule has 0 atom stereocenters. The lowest BCUT2D eigenvalue weighted by atomic mass is 9.97. The van der Waals surface area contributed by atoms with Crippen molar-refractivity contribution in [2.24, 2.45) is 0 Å². The number of benzene rings is 7. The summed E-state index contributed by atoms with van der Waals surface area (Å²) in [6, 6.07) is 63.7. The van der Waals surface area contributed by atoms with E-state index in [4.69, 9.17) is 15.0 Å². The minimum absolute atomic E-state index is 0.688. The predicted molar refractivity (Wildman–Crippen MR) is 211 cm³/mol. The van der Waals surface area contributed by atoms with E-state index in [1.54, 1.807) is 0 Å². The molecule has 4 heteroatoms. The van der Waals surface area contributed by atoms with Crippen molar-refractivity contribution >= 4 is 43.5 Å². The van der Waals surface area contributed by atoms with Crippen molar-refractivity contribution in [3.8, 4) is 50.8 Å². The number of hydrogen-bond donors (Lipinski definition) is 0. The first-order valence-electron chi connectivity index (χ1n) is 17.2. The summed E-state index contributed by atoms with van der Waals surface area (Å²) in [5.74, 6) is 0.688. The standard InChI is InChI=1S/C47H30N4/c1-4-14-31(15-5-1)42-30-43(32-16-6-2-7-17-32)50-47(49-42)34-26-24-33(25-27-34)46-40-28-39-37-21-11-13-23-44(37)51(35-18-8-3-9-19-35)45(39)29-38(40)36-20-10-12-22-41(36)48-46/h1-30H. The molecule has 0 saturated carbocycles. The molecule has 238 valence electrons. The quantitative estimate of drug-likeness (QED) is 0.174. The van der Waals surface area contributed by atoms with Gasteiger partial charge in [0.05, 0.1) is 33.6 Å². The van der Waals surface area contributed by atoms with E-state index in [0.717, 1.165) is 61.3 Å². The lowest BCUT2D eigenvalue weighted by molar-refractivity contribution is 1.18. The molecule has 0 unspecified atom stereocenters. The summed E-state index contributed by atoms with van der Waals surface area (Å²) >= 11 is 0. The van der Waals surface area contributed by atoms with Gasteiger partial charge in [-0.1, -0.05) is 140 Å². The van der Waals surface area contributed by atoms with Crippen LogP contribution in [-0.4, -0.2) is 19.5 Å². The number of aromatic nitrogens is 4. The van der Waals surface area contributed by atoms with Crippen LogP contribution in [0.25, 0.3) is 94.3 Å². The van der Waals surface area contributed by atoms with Crippen LogP contribution in [-0.2, 0) is 0 Å². The van der Waals surface area contributed by atoms with Gasteiger partial charge in [-0.2, -0.15) is 0 Å². The fourth-order valence-corrected chi connectivity index (χ4v) is 7.36. The molecule has 0 bridgehead atoms. The topological polar surface area (TPSA) is 43.6 Å². The summed E-state index contributed by atoms with van der Waals surface area (Å²) in [6.45, 7) is 0. The molecule has 0 aliphatic heterocycles. The van der Waals surface area contributed by atoms with E-state index >= 15 is 0 Å². The van der Waals surface area contributed by atoms with Crippen molar-refractivity contribution in [1.29, 1.82) is 0 Å². The summed E-state index contributed by atoms with van der Waals surface area (Å²) in [4.78, 5) is 15.4. The van der Waals surface area contributed by atoms with Crippen LogP contribution in [0.15, 0.2) is 182 Å². The lowest BCUT2D eigenvalue weighted by Crippen LogP contribution is -1.96. The molecule has 0 aliphatic carbocycles. The van der Waals surface area contributed by atoms with E-state index in [0.29, 0.717) is 5.82 Å². The first kappa shape index (κ1) is 29.0. The van der Waals surface area contributed by atoms with Crippen LogP contribution in [0.4, 0.5) is 0 Å². The van der Waals surface area contributed by atoms with Gasteiger partial charge in [-0.05, 0) is 47.9 Å². The van der Waals surface area contributed by atoms with Gasteiger partial charge in [0.1, 0.15) is 0 Å². The Morgan fingerprint density at radius 1 is 0.333 bits per heavy atom. The average Bonchev–Trinajstić information content (AvgIpc) is 3.54.